The Kier molecular flexibility index (Phi) is 5.38. The van der Waals surface area contributed by atoms with Crippen LogP contribution < -0.4 is 11.1 Å². The van der Waals surface area contributed by atoms with Gasteiger partial charge in [-0.25, -0.2) is 0 Å². The second kappa shape index (κ2) is 7.10. The molecule has 1 heterocycles. The van der Waals surface area contributed by atoms with Gasteiger partial charge in [-0.2, -0.15) is 0 Å². The van der Waals surface area contributed by atoms with Gasteiger partial charge in [0, 0.05) is 27.0 Å². The largest absolute Gasteiger partial charge is 0.467 e. The second-order valence-electron chi connectivity index (χ2n) is 6.26. The summed E-state index contributed by atoms with van der Waals surface area (Å²) in [5.74, 6) is 0.753. The van der Waals surface area contributed by atoms with E-state index in [1.165, 1.54) is 6.26 Å². The molecule has 1 atom stereocenters. The van der Waals surface area contributed by atoms with Crippen LogP contribution in [0.5, 0.6) is 0 Å². The summed E-state index contributed by atoms with van der Waals surface area (Å²) >= 11 is 0. The molecule has 124 valence electrons. The number of anilines is 1. The lowest BCUT2D eigenvalue weighted by atomic mass is 10.2. The number of amides is 1. The third-order valence-electron chi connectivity index (χ3n) is 3.28. The van der Waals surface area contributed by atoms with Crippen molar-refractivity contribution in [2.24, 2.45) is 5.73 Å². The SMILES string of the molecule is CC(C)(C)S(=O)Cc1cccc(NC(=O)c2coc(CN)c2)c1. The maximum absolute atomic E-state index is 12.2. The van der Waals surface area contributed by atoms with Crippen molar-refractivity contribution in [3.63, 3.8) is 0 Å². The van der Waals surface area contributed by atoms with Crippen molar-refractivity contribution in [2.45, 2.75) is 37.8 Å². The van der Waals surface area contributed by atoms with Crippen molar-refractivity contribution < 1.29 is 13.4 Å². The maximum atomic E-state index is 12.2. The molecule has 0 bridgehead atoms. The molecule has 23 heavy (non-hydrogen) atoms. The molecule has 6 heteroatoms. The van der Waals surface area contributed by atoms with Gasteiger partial charge in [0.05, 0.1) is 12.1 Å². The lowest BCUT2D eigenvalue weighted by Gasteiger charge is -2.17. The molecule has 1 aromatic carbocycles. The fourth-order valence-electron chi connectivity index (χ4n) is 1.92. The zero-order chi connectivity index (χ0) is 17.0. The van der Waals surface area contributed by atoms with Crippen LogP contribution in [-0.4, -0.2) is 14.9 Å². The molecule has 2 rings (SSSR count). The van der Waals surface area contributed by atoms with Crippen molar-refractivity contribution in [2.75, 3.05) is 5.32 Å². The molecule has 5 nitrogen and oxygen atoms in total. The highest BCUT2D eigenvalue weighted by Gasteiger charge is 2.19. The fraction of sp³-hybridized carbons (Fsp3) is 0.353. The summed E-state index contributed by atoms with van der Waals surface area (Å²) in [5.41, 5.74) is 7.47. The van der Waals surface area contributed by atoms with Gasteiger partial charge in [-0.15, -0.1) is 0 Å². The molecule has 2 aromatic rings. The van der Waals surface area contributed by atoms with Crippen molar-refractivity contribution >= 4 is 22.4 Å². The summed E-state index contributed by atoms with van der Waals surface area (Å²) in [5, 5.41) is 2.81. The topological polar surface area (TPSA) is 85.3 Å². The zero-order valence-corrected chi connectivity index (χ0v) is 14.4. The number of rotatable bonds is 5. The molecule has 1 unspecified atom stereocenters. The Hall–Kier alpha value is -1.92. The highest BCUT2D eigenvalue weighted by atomic mass is 32.2. The number of nitrogens with one attached hydrogen (secondary N) is 1. The van der Waals surface area contributed by atoms with Crippen LogP contribution in [-0.2, 0) is 23.1 Å². The summed E-state index contributed by atoms with van der Waals surface area (Å²) in [6, 6.07) is 9.00. The smallest absolute Gasteiger partial charge is 0.258 e. The molecule has 0 aliphatic heterocycles. The third kappa shape index (κ3) is 4.77. The normalized spacial score (nSPS) is 12.9. The number of carbonyl (C=O) groups is 1. The van der Waals surface area contributed by atoms with Crippen molar-refractivity contribution in [1.82, 2.24) is 0 Å². The molecule has 0 radical (unpaired) electrons. The zero-order valence-electron chi connectivity index (χ0n) is 13.6. The van der Waals surface area contributed by atoms with Gasteiger partial charge in [-0.1, -0.05) is 12.1 Å². The summed E-state index contributed by atoms with van der Waals surface area (Å²) in [6.07, 6.45) is 1.38. The van der Waals surface area contributed by atoms with Crippen LogP contribution in [0.2, 0.25) is 0 Å². The maximum Gasteiger partial charge on any atom is 0.258 e. The van der Waals surface area contributed by atoms with Crippen LogP contribution in [0.4, 0.5) is 5.69 Å². The van der Waals surface area contributed by atoms with Gasteiger partial charge in [0.1, 0.15) is 12.0 Å². The Labute approximate surface area is 138 Å². The first-order valence-electron chi connectivity index (χ1n) is 7.36. The van der Waals surface area contributed by atoms with E-state index in [1.807, 2.05) is 39.0 Å². The lowest BCUT2D eigenvalue weighted by Crippen LogP contribution is -2.23. The van der Waals surface area contributed by atoms with Gasteiger partial charge in [-0.3, -0.25) is 9.00 Å². The number of nitrogens with two attached hydrogens (primary N) is 1. The summed E-state index contributed by atoms with van der Waals surface area (Å²) in [7, 11) is -0.985. The Morgan fingerprint density at radius 3 is 2.65 bits per heavy atom. The van der Waals surface area contributed by atoms with Gasteiger partial charge in [0.15, 0.2) is 0 Å². The van der Waals surface area contributed by atoms with E-state index in [4.69, 9.17) is 10.2 Å². The molecule has 0 saturated heterocycles. The van der Waals surface area contributed by atoms with Crippen LogP contribution in [0.3, 0.4) is 0 Å². The molecule has 1 aromatic heterocycles. The standard InChI is InChI=1S/C17H22N2O3S/c1-17(2,3)23(21)11-12-5-4-6-14(7-12)19-16(20)13-8-15(9-18)22-10-13/h4-8,10H,9,11,18H2,1-3H3,(H,19,20). The number of carbonyl (C=O) groups excluding carboxylic acids is 1. The van der Waals surface area contributed by atoms with Crippen LogP contribution in [0.25, 0.3) is 0 Å². The third-order valence-corrected chi connectivity index (χ3v) is 5.24. The second-order valence-corrected chi connectivity index (χ2v) is 8.47. The minimum atomic E-state index is -0.985. The molecule has 0 fully saturated rings. The first kappa shape index (κ1) is 17.4. The molecule has 0 aliphatic carbocycles. The summed E-state index contributed by atoms with van der Waals surface area (Å²) in [4.78, 5) is 12.2. The summed E-state index contributed by atoms with van der Waals surface area (Å²) < 4.78 is 17.1. The minimum Gasteiger partial charge on any atom is -0.467 e. The van der Waals surface area contributed by atoms with E-state index in [0.29, 0.717) is 22.8 Å². The van der Waals surface area contributed by atoms with E-state index in [0.717, 1.165) is 5.56 Å². The molecule has 0 aliphatic rings. The minimum absolute atomic E-state index is 0.251. The van der Waals surface area contributed by atoms with Gasteiger partial charge < -0.3 is 15.5 Å². The highest BCUT2D eigenvalue weighted by Crippen LogP contribution is 2.19. The molecule has 1 amide bonds. The van der Waals surface area contributed by atoms with E-state index >= 15 is 0 Å². The lowest BCUT2D eigenvalue weighted by molar-refractivity contribution is 0.102. The van der Waals surface area contributed by atoms with Crippen LogP contribution in [0.1, 0.15) is 42.5 Å². The van der Waals surface area contributed by atoms with E-state index in [1.54, 1.807) is 12.1 Å². The van der Waals surface area contributed by atoms with Crippen molar-refractivity contribution in [1.29, 1.82) is 0 Å². The molecular weight excluding hydrogens is 312 g/mol. The molecule has 0 saturated carbocycles. The predicted molar refractivity (Wildman–Crippen MR) is 92.6 cm³/mol. The van der Waals surface area contributed by atoms with Gasteiger partial charge in [-0.05, 0) is 44.5 Å². The first-order valence-corrected chi connectivity index (χ1v) is 8.68. The number of benzene rings is 1. The molecule has 3 N–H and O–H groups in total. The van der Waals surface area contributed by atoms with E-state index < -0.39 is 10.8 Å². The van der Waals surface area contributed by atoms with Crippen LogP contribution in [0.15, 0.2) is 41.0 Å². The Morgan fingerprint density at radius 1 is 1.30 bits per heavy atom. The quantitative estimate of drug-likeness (QED) is 0.880. The molecular formula is C17H22N2O3S. The van der Waals surface area contributed by atoms with Crippen LogP contribution >= 0.6 is 0 Å². The average Bonchev–Trinajstić information content (AvgIpc) is 2.95. The van der Waals surface area contributed by atoms with E-state index in [9.17, 15) is 9.00 Å². The van der Waals surface area contributed by atoms with Crippen LogP contribution in [0, 0.1) is 0 Å². The Morgan fingerprint density at radius 2 is 2.04 bits per heavy atom. The molecule has 0 spiro atoms. The Balaban J connectivity index is 2.08. The van der Waals surface area contributed by atoms with Gasteiger partial charge >= 0.3 is 0 Å². The van der Waals surface area contributed by atoms with Gasteiger partial charge in [0.25, 0.3) is 5.91 Å². The average molecular weight is 334 g/mol. The van der Waals surface area contributed by atoms with Crippen molar-refractivity contribution in [3.8, 4) is 0 Å². The predicted octanol–water partition coefficient (Wildman–Crippen LogP) is 3.04. The van der Waals surface area contributed by atoms with E-state index in [-0.39, 0.29) is 17.2 Å². The fourth-order valence-corrected chi connectivity index (χ4v) is 2.83. The van der Waals surface area contributed by atoms with Crippen molar-refractivity contribution in [3.05, 3.63) is 53.5 Å². The van der Waals surface area contributed by atoms with E-state index in [2.05, 4.69) is 5.32 Å². The monoisotopic (exact) mass is 334 g/mol. The Bertz CT molecular complexity index is 717. The number of hydrogen-bond acceptors (Lipinski definition) is 4. The highest BCUT2D eigenvalue weighted by molar-refractivity contribution is 7.85. The number of furan rings is 1. The van der Waals surface area contributed by atoms with Gasteiger partial charge in [0.2, 0.25) is 0 Å². The number of hydrogen-bond donors (Lipinski definition) is 2. The first-order chi connectivity index (χ1) is 10.8. The summed E-state index contributed by atoms with van der Waals surface area (Å²) in [6.45, 7) is 6.09.